The van der Waals surface area contributed by atoms with Gasteiger partial charge in [-0.25, -0.2) is 4.79 Å². The summed E-state index contributed by atoms with van der Waals surface area (Å²) in [4.78, 5) is 18.5. The Morgan fingerprint density at radius 1 is 1.67 bits per heavy atom. The summed E-state index contributed by atoms with van der Waals surface area (Å²) in [6.07, 6.45) is 0.319. The van der Waals surface area contributed by atoms with Gasteiger partial charge in [0.05, 0.1) is 12.6 Å². The van der Waals surface area contributed by atoms with E-state index in [9.17, 15) is 4.79 Å². The number of nitrogen functional groups attached to an aromatic ring is 1. The lowest BCUT2D eigenvalue weighted by molar-refractivity contribution is -0.0506. The number of azide groups is 1. The molecule has 2 heterocycles. The standard InChI is InChI=1S/C12H18N6O3/c1-6-5-18(12(19)16-10(6)13)11-9(20-3)7(2)8(21-11)4-15-17-14/h5,7-9,11H,4H2,1-3H3,(H2,13,16,19)/t7-,8-,9?,11?/m1/s1. The molecule has 0 saturated carbocycles. The maximum Gasteiger partial charge on any atom is 0.351 e. The Bertz CT molecular complexity index is 624. The average molecular weight is 294 g/mol. The summed E-state index contributed by atoms with van der Waals surface area (Å²) >= 11 is 0. The number of rotatable bonds is 4. The van der Waals surface area contributed by atoms with E-state index >= 15 is 0 Å². The number of anilines is 1. The Balaban J connectivity index is 2.36. The molecule has 0 aliphatic carbocycles. The third-order valence-electron chi connectivity index (χ3n) is 3.74. The van der Waals surface area contributed by atoms with Crippen LogP contribution in [0.5, 0.6) is 0 Å². The fourth-order valence-corrected chi connectivity index (χ4v) is 2.49. The van der Waals surface area contributed by atoms with Crippen LogP contribution < -0.4 is 11.4 Å². The molecule has 1 aliphatic heterocycles. The van der Waals surface area contributed by atoms with Crippen LogP contribution in [0.15, 0.2) is 16.1 Å². The van der Waals surface area contributed by atoms with Crippen LogP contribution in [0.4, 0.5) is 5.82 Å². The van der Waals surface area contributed by atoms with Crippen molar-refractivity contribution in [3.05, 3.63) is 32.7 Å². The number of hydrogen-bond acceptors (Lipinski definition) is 6. The minimum Gasteiger partial charge on any atom is -0.383 e. The van der Waals surface area contributed by atoms with E-state index in [1.165, 1.54) is 4.57 Å². The lowest BCUT2D eigenvalue weighted by Crippen LogP contribution is -2.34. The van der Waals surface area contributed by atoms with Gasteiger partial charge in [0.25, 0.3) is 0 Å². The maximum absolute atomic E-state index is 12.0. The molecule has 0 aromatic carbocycles. The summed E-state index contributed by atoms with van der Waals surface area (Å²) in [5, 5.41) is 3.53. The quantitative estimate of drug-likeness (QED) is 0.503. The number of ether oxygens (including phenoxy) is 2. The Hall–Kier alpha value is -2.09. The Labute approximate surface area is 121 Å². The molecule has 114 valence electrons. The van der Waals surface area contributed by atoms with Crippen LogP contribution in [0, 0.1) is 12.8 Å². The number of hydrogen-bond donors (Lipinski definition) is 1. The first-order chi connectivity index (χ1) is 9.99. The molecule has 4 atom stereocenters. The van der Waals surface area contributed by atoms with Crippen molar-refractivity contribution < 1.29 is 9.47 Å². The number of methoxy groups -OCH3 is 1. The van der Waals surface area contributed by atoms with E-state index in [-0.39, 0.29) is 30.5 Å². The van der Waals surface area contributed by atoms with Crippen LogP contribution in [0.3, 0.4) is 0 Å². The lowest BCUT2D eigenvalue weighted by atomic mass is 10.0. The van der Waals surface area contributed by atoms with Crippen LogP contribution in [0.2, 0.25) is 0 Å². The largest absolute Gasteiger partial charge is 0.383 e. The molecule has 1 fully saturated rings. The van der Waals surface area contributed by atoms with Crippen molar-refractivity contribution in [2.45, 2.75) is 32.3 Å². The van der Waals surface area contributed by atoms with Crippen molar-refractivity contribution in [1.82, 2.24) is 9.55 Å². The lowest BCUT2D eigenvalue weighted by Gasteiger charge is -2.21. The first kappa shape index (κ1) is 15.3. The molecule has 0 amide bonds. The van der Waals surface area contributed by atoms with Crippen LogP contribution in [0.25, 0.3) is 10.4 Å². The van der Waals surface area contributed by atoms with Crippen molar-refractivity contribution >= 4 is 5.82 Å². The molecular weight excluding hydrogens is 276 g/mol. The molecule has 0 bridgehead atoms. The summed E-state index contributed by atoms with van der Waals surface area (Å²) in [6, 6.07) is 0. The van der Waals surface area contributed by atoms with Crippen LogP contribution in [0.1, 0.15) is 18.7 Å². The zero-order valence-corrected chi connectivity index (χ0v) is 12.1. The van der Waals surface area contributed by atoms with Crippen molar-refractivity contribution in [1.29, 1.82) is 0 Å². The van der Waals surface area contributed by atoms with Gasteiger partial charge in [0.1, 0.15) is 11.9 Å². The highest BCUT2D eigenvalue weighted by Gasteiger charge is 2.43. The summed E-state index contributed by atoms with van der Waals surface area (Å²) in [6.45, 7) is 3.87. The summed E-state index contributed by atoms with van der Waals surface area (Å²) in [5.74, 6) is 0.164. The second kappa shape index (κ2) is 6.13. The average Bonchev–Trinajstić information content (AvgIpc) is 2.76. The molecule has 21 heavy (non-hydrogen) atoms. The van der Waals surface area contributed by atoms with E-state index in [1.54, 1.807) is 20.2 Å². The van der Waals surface area contributed by atoms with Gasteiger partial charge in [-0.3, -0.25) is 4.57 Å². The Kier molecular flexibility index (Phi) is 4.46. The monoisotopic (exact) mass is 294 g/mol. The zero-order valence-electron chi connectivity index (χ0n) is 12.1. The first-order valence-electron chi connectivity index (χ1n) is 6.54. The molecule has 0 radical (unpaired) electrons. The van der Waals surface area contributed by atoms with Crippen molar-refractivity contribution in [2.75, 3.05) is 19.4 Å². The SMILES string of the molecule is COC1C(n2cc(C)c(N)nc2=O)O[C@H](CN=[N+]=[N-])[C@H]1C. The molecule has 1 aliphatic rings. The van der Waals surface area contributed by atoms with Crippen LogP contribution in [-0.4, -0.2) is 35.4 Å². The summed E-state index contributed by atoms with van der Waals surface area (Å²) < 4.78 is 12.6. The Morgan fingerprint density at radius 2 is 2.38 bits per heavy atom. The number of nitrogens with zero attached hydrogens (tertiary/aromatic N) is 5. The maximum atomic E-state index is 12.0. The van der Waals surface area contributed by atoms with Crippen molar-refractivity contribution in [2.24, 2.45) is 11.0 Å². The van der Waals surface area contributed by atoms with Gasteiger partial charge < -0.3 is 15.2 Å². The van der Waals surface area contributed by atoms with Gasteiger partial charge in [-0.1, -0.05) is 12.0 Å². The van der Waals surface area contributed by atoms with E-state index in [0.29, 0.717) is 5.56 Å². The third-order valence-corrected chi connectivity index (χ3v) is 3.74. The molecule has 9 nitrogen and oxygen atoms in total. The van der Waals surface area contributed by atoms with Gasteiger partial charge in [-0.15, -0.1) is 0 Å². The van der Waals surface area contributed by atoms with Crippen molar-refractivity contribution in [3.63, 3.8) is 0 Å². The molecule has 9 heteroatoms. The van der Waals surface area contributed by atoms with Gasteiger partial charge in [0.15, 0.2) is 6.23 Å². The normalized spacial score (nSPS) is 28.3. The molecule has 2 rings (SSSR count). The van der Waals surface area contributed by atoms with Gasteiger partial charge in [0.2, 0.25) is 0 Å². The molecule has 1 aromatic rings. The van der Waals surface area contributed by atoms with E-state index in [1.807, 2.05) is 6.92 Å². The van der Waals surface area contributed by atoms with Crippen LogP contribution in [-0.2, 0) is 9.47 Å². The highest BCUT2D eigenvalue weighted by atomic mass is 16.6. The van der Waals surface area contributed by atoms with Gasteiger partial charge in [-0.05, 0) is 12.5 Å². The second-order valence-electron chi connectivity index (χ2n) is 5.04. The molecule has 1 saturated heterocycles. The highest BCUT2D eigenvalue weighted by molar-refractivity contribution is 5.35. The number of aromatic nitrogens is 2. The number of aryl methyl sites for hydroxylation is 1. The Morgan fingerprint density at radius 3 is 3.00 bits per heavy atom. The van der Waals surface area contributed by atoms with E-state index < -0.39 is 11.9 Å². The molecule has 2 unspecified atom stereocenters. The highest BCUT2D eigenvalue weighted by Crippen LogP contribution is 2.35. The van der Waals surface area contributed by atoms with E-state index in [4.69, 9.17) is 20.7 Å². The smallest absolute Gasteiger partial charge is 0.351 e. The van der Waals surface area contributed by atoms with Gasteiger partial charge in [0, 0.05) is 29.7 Å². The summed E-state index contributed by atoms with van der Waals surface area (Å²) in [5.41, 5.74) is 14.2. The number of nitrogens with two attached hydrogens (primary N) is 1. The first-order valence-corrected chi connectivity index (χ1v) is 6.54. The van der Waals surface area contributed by atoms with Gasteiger partial charge in [-0.2, -0.15) is 4.98 Å². The van der Waals surface area contributed by atoms with Gasteiger partial charge >= 0.3 is 5.69 Å². The second-order valence-corrected chi connectivity index (χ2v) is 5.04. The van der Waals surface area contributed by atoms with E-state index in [2.05, 4.69) is 15.0 Å². The minimum absolute atomic E-state index is 0.0322. The zero-order chi connectivity index (χ0) is 15.6. The fourth-order valence-electron chi connectivity index (χ4n) is 2.49. The molecule has 2 N–H and O–H groups in total. The van der Waals surface area contributed by atoms with E-state index in [0.717, 1.165) is 0 Å². The molecular formula is C12H18N6O3. The minimum atomic E-state index is -0.622. The molecule has 0 spiro atoms. The predicted molar refractivity (Wildman–Crippen MR) is 75.5 cm³/mol. The molecule has 1 aromatic heterocycles. The third kappa shape index (κ3) is 2.85. The van der Waals surface area contributed by atoms with Crippen LogP contribution >= 0.6 is 0 Å². The topological polar surface area (TPSA) is 128 Å². The fraction of sp³-hybridized carbons (Fsp3) is 0.667. The summed E-state index contributed by atoms with van der Waals surface area (Å²) in [7, 11) is 1.55. The predicted octanol–water partition coefficient (Wildman–Crippen LogP) is 0.993. The van der Waals surface area contributed by atoms with Crippen molar-refractivity contribution in [3.8, 4) is 0 Å².